The Bertz CT molecular complexity index is 814. The van der Waals surface area contributed by atoms with Crippen molar-refractivity contribution in [1.29, 1.82) is 0 Å². The topological polar surface area (TPSA) is 38.1 Å². The second-order valence-corrected chi connectivity index (χ2v) is 5.60. The van der Waals surface area contributed by atoms with Gasteiger partial charge in [0.05, 0.1) is 6.54 Å². The molecule has 0 spiro atoms. The predicted octanol–water partition coefficient (Wildman–Crippen LogP) is 3.92. The number of amides is 1. The first kappa shape index (κ1) is 15.3. The minimum atomic E-state index is -0.107. The average Bonchev–Trinajstić information content (AvgIpc) is 3.00. The minimum absolute atomic E-state index is 0.107. The van der Waals surface area contributed by atoms with Crippen LogP contribution < -0.4 is 4.90 Å². The summed E-state index contributed by atoms with van der Waals surface area (Å²) in [6.45, 7) is 0.365. The first-order valence-corrected chi connectivity index (χ1v) is 7.63. The Morgan fingerprint density at radius 1 is 1.09 bits per heavy atom. The lowest BCUT2D eigenvalue weighted by Crippen LogP contribution is -2.31. The van der Waals surface area contributed by atoms with Gasteiger partial charge in [-0.2, -0.15) is 5.10 Å². The van der Waals surface area contributed by atoms with E-state index in [9.17, 15) is 4.79 Å². The van der Waals surface area contributed by atoms with Crippen LogP contribution in [-0.4, -0.2) is 15.7 Å². The summed E-state index contributed by atoms with van der Waals surface area (Å²) in [5, 5.41) is 5.00. The third kappa shape index (κ3) is 3.43. The SMILES string of the molecule is Cn1ccc(N(Cc2ccccc2Cl)C(=O)c2ccccc2)n1. The molecular weight excluding hydrogens is 310 g/mol. The molecule has 0 fully saturated rings. The fourth-order valence-electron chi connectivity index (χ4n) is 2.34. The molecular formula is C18H16ClN3O. The summed E-state index contributed by atoms with van der Waals surface area (Å²) in [7, 11) is 1.82. The van der Waals surface area contributed by atoms with Crippen LogP contribution in [0, 0.1) is 0 Å². The molecule has 23 heavy (non-hydrogen) atoms. The van der Waals surface area contributed by atoms with Gasteiger partial charge in [-0.1, -0.05) is 48.0 Å². The van der Waals surface area contributed by atoms with Gasteiger partial charge >= 0.3 is 0 Å². The van der Waals surface area contributed by atoms with Crippen molar-refractivity contribution in [2.45, 2.75) is 6.54 Å². The largest absolute Gasteiger partial charge is 0.287 e. The molecule has 0 aliphatic carbocycles. The highest BCUT2D eigenvalue weighted by atomic mass is 35.5. The fourth-order valence-corrected chi connectivity index (χ4v) is 2.53. The Morgan fingerprint density at radius 3 is 2.43 bits per heavy atom. The van der Waals surface area contributed by atoms with Gasteiger partial charge in [0.15, 0.2) is 5.82 Å². The van der Waals surface area contributed by atoms with Crippen molar-refractivity contribution in [1.82, 2.24) is 9.78 Å². The number of halogens is 1. The molecule has 0 N–H and O–H groups in total. The monoisotopic (exact) mass is 325 g/mol. The van der Waals surface area contributed by atoms with E-state index in [1.165, 1.54) is 0 Å². The van der Waals surface area contributed by atoms with E-state index >= 15 is 0 Å². The molecule has 4 nitrogen and oxygen atoms in total. The van der Waals surface area contributed by atoms with E-state index in [0.29, 0.717) is 22.9 Å². The number of aromatic nitrogens is 2. The molecule has 3 aromatic rings. The number of nitrogens with zero attached hydrogens (tertiary/aromatic N) is 3. The first-order valence-electron chi connectivity index (χ1n) is 7.25. The number of carbonyl (C=O) groups excluding carboxylic acids is 1. The molecule has 3 rings (SSSR count). The zero-order chi connectivity index (χ0) is 16.2. The zero-order valence-corrected chi connectivity index (χ0v) is 13.4. The smallest absolute Gasteiger partial charge is 0.259 e. The molecule has 0 bridgehead atoms. The van der Waals surface area contributed by atoms with Crippen LogP contribution >= 0.6 is 11.6 Å². The lowest BCUT2D eigenvalue weighted by atomic mass is 10.1. The molecule has 1 amide bonds. The predicted molar refractivity (Wildman–Crippen MR) is 91.6 cm³/mol. The molecule has 1 aromatic heterocycles. The Labute approximate surface area is 139 Å². The number of hydrogen-bond acceptors (Lipinski definition) is 2. The average molecular weight is 326 g/mol. The van der Waals surface area contributed by atoms with E-state index in [-0.39, 0.29) is 5.91 Å². The summed E-state index contributed by atoms with van der Waals surface area (Å²) in [5.74, 6) is 0.491. The maximum Gasteiger partial charge on any atom is 0.259 e. The van der Waals surface area contributed by atoms with E-state index in [2.05, 4.69) is 5.10 Å². The summed E-state index contributed by atoms with van der Waals surface area (Å²) >= 11 is 6.25. The highest BCUT2D eigenvalue weighted by molar-refractivity contribution is 6.31. The van der Waals surface area contributed by atoms with Gasteiger partial charge in [0, 0.05) is 29.9 Å². The first-order chi connectivity index (χ1) is 11.1. The standard InChI is InChI=1S/C18H16ClN3O/c1-21-12-11-17(20-21)22(13-15-9-5-6-10-16(15)19)18(23)14-7-3-2-4-8-14/h2-12H,13H2,1H3. The van der Waals surface area contributed by atoms with Crippen molar-refractivity contribution >= 4 is 23.3 Å². The highest BCUT2D eigenvalue weighted by Gasteiger charge is 2.20. The van der Waals surface area contributed by atoms with Crippen molar-refractivity contribution < 1.29 is 4.79 Å². The minimum Gasteiger partial charge on any atom is -0.287 e. The van der Waals surface area contributed by atoms with E-state index in [0.717, 1.165) is 5.56 Å². The van der Waals surface area contributed by atoms with Gasteiger partial charge in [-0.05, 0) is 23.8 Å². The van der Waals surface area contributed by atoms with Crippen LogP contribution in [0.4, 0.5) is 5.82 Å². The van der Waals surface area contributed by atoms with Gasteiger partial charge in [0.25, 0.3) is 5.91 Å². The zero-order valence-electron chi connectivity index (χ0n) is 12.7. The summed E-state index contributed by atoms with van der Waals surface area (Å²) in [6.07, 6.45) is 1.81. The van der Waals surface area contributed by atoms with Gasteiger partial charge in [-0.25, -0.2) is 0 Å². The van der Waals surface area contributed by atoms with Crippen molar-refractivity contribution in [3.63, 3.8) is 0 Å². The molecule has 0 radical (unpaired) electrons. The lowest BCUT2D eigenvalue weighted by molar-refractivity contribution is 0.0984. The molecule has 0 aliphatic heterocycles. The van der Waals surface area contributed by atoms with Gasteiger partial charge < -0.3 is 0 Å². The van der Waals surface area contributed by atoms with Crippen LogP contribution in [0.2, 0.25) is 5.02 Å². The lowest BCUT2D eigenvalue weighted by Gasteiger charge is -2.21. The Hall–Kier alpha value is -2.59. The maximum absolute atomic E-state index is 12.9. The number of anilines is 1. The highest BCUT2D eigenvalue weighted by Crippen LogP contribution is 2.22. The second-order valence-electron chi connectivity index (χ2n) is 5.20. The Morgan fingerprint density at radius 2 is 1.78 bits per heavy atom. The van der Waals surface area contributed by atoms with Crippen molar-refractivity contribution in [3.8, 4) is 0 Å². The van der Waals surface area contributed by atoms with Crippen LogP contribution in [-0.2, 0) is 13.6 Å². The van der Waals surface area contributed by atoms with Gasteiger partial charge in [0.1, 0.15) is 0 Å². The van der Waals surface area contributed by atoms with E-state index in [1.807, 2.05) is 61.8 Å². The van der Waals surface area contributed by atoms with Crippen molar-refractivity contribution in [2.75, 3.05) is 4.90 Å². The van der Waals surface area contributed by atoms with Crippen LogP contribution in [0.5, 0.6) is 0 Å². The molecule has 2 aromatic carbocycles. The van der Waals surface area contributed by atoms with E-state index in [1.54, 1.807) is 21.7 Å². The Kier molecular flexibility index (Phi) is 4.44. The van der Waals surface area contributed by atoms with Crippen LogP contribution in [0.25, 0.3) is 0 Å². The molecule has 0 saturated heterocycles. The van der Waals surface area contributed by atoms with Crippen LogP contribution in [0.15, 0.2) is 66.9 Å². The maximum atomic E-state index is 12.9. The molecule has 116 valence electrons. The van der Waals surface area contributed by atoms with Gasteiger partial charge in [-0.3, -0.25) is 14.4 Å². The van der Waals surface area contributed by atoms with Crippen LogP contribution in [0.3, 0.4) is 0 Å². The quantitative estimate of drug-likeness (QED) is 0.729. The van der Waals surface area contributed by atoms with Crippen molar-refractivity contribution in [2.24, 2.45) is 7.05 Å². The summed E-state index contributed by atoms with van der Waals surface area (Å²) in [6, 6.07) is 18.5. The summed E-state index contributed by atoms with van der Waals surface area (Å²) in [5.41, 5.74) is 1.49. The Balaban J connectivity index is 1.97. The van der Waals surface area contributed by atoms with E-state index in [4.69, 9.17) is 11.6 Å². The fraction of sp³-hybridized carbons (Fsp3) is 0.111. The molecule has 0 unspecified atom stereocenters. The van der Waals surface area contributed by atoms with Crippen LogP contribution in [0.1, 0.15) is 15.9 Å². The second kappa shape index (κ2) is 6.67. The number of carbonyl (C=O) groups is 1. The third-order valence-electron chi connectivity index (χ3n) is 3.53. The third-order valence-corrected chi connectivity index (χ3v) is 3.90. The molecule has 0 saturated carbocycles. The normalized spacial score (nSPS) is 10.5. The summed E-state index contributed by atoms with van der Waals surface area (Å²) < 4.78 is 1.67. The molecule has 0 atom stereocenters. The van der Waals surface area contributed by atoms with Gasteiger partial charge in [-0.15, -0.1) is 0 Å². The number of hydrogen-bond donors (Lipinski definition) is 0. The molecule has 0 aliphatic rings. The molecule has 5 heteroatoms. The van der Waals surface area contributed by atoms with Crippen molar-refractivity contribution in [3.05, 3.63) is 83.0 Å². The summed E-state index contributed by atoms with van der Waals surface area (Å²) in [4.78, 5) is 14.5. The van der Waals surface area contributed by atoms with Gasteiger partial charge in [0.2, 0.25) is 0 Å². The number of rotatable bonds is 4. The number of aryl methyl sites for hydroxylation is 1. The molecule has 1 heterocycles. The van der Waals surface area contributed by atoms with E-state index < -0.39 is 0 Å². The number of benzene rings is 2.